The van der Waals surface area contributed by atoms with E-state index in [1.807, 2.05) is 0 Å². The number of rotatable bonds is 3. The zero-order valence-electron chi connectivity index (χ0n) is 7.84. The number of nitrogens with one attached hydrogen (secondary N) is 1. The Morgan fingerprint density at radius 1 is 1.33 bits per heavy atom. The molecular formula is C11H9BrINS. The molecule has 1 aromatic heterocycles. The zero-order valence-corrected chi connectivity index (χ0v) is 12.4. The van der Waals surface area contributed by atoms with Crippen LogP contribution in [0.4, 0.5) is 5.69 Å². The van der Waals surface area contributed by atoms with Crippen LogP contribution in [0.3, 0.4) is 0 Å². The molecule has 0 amide bonds. The SMILES string of the molecule is Brc1cc(CNc2cccc(I)c2)cs1. The number of thiophene rings is 1. The van der Waals surface area contributed by atoms with Crippen LogP contribution < -0.4 is 5.32 Å². The van der Waals surface area contributed by atoms with Crippen LogP contribution in [0.2, 0.25) is 0 Å². The highest BCUT2D eigenvalue weighted by atomic mass is 127. The van der Waals surface area contributed by atoms with E-state index in [1.165, 1.54) is 18.6 Å². The molecule has 78 valence electrons. The fourth-order valence-electron chi connectivity index (χ4n) is 1.24. The highest BCUT2D eigenvalue weighted by Gasteiger charge is 1.97. The maximum atomic E-state index is 3.46. The lowest BCUT2D eigenvalue weighted by atomic mass is 10.3. The van der Waals surface area contributed by atoms with Crippen molar-refractivity contribution < 1.29 is 0 Å². The Bertz CT molecular complexity index is 455. The van der Waals surface area contributed by atoms with Crippen molar-refractivity contribution in [2.45, 2.75) is 6.54 Å². The van der Waals surface area contributed by atoms with Gasteiger partial charge in [-0.3, -0.25) is 0 Å². The summed E-state index contributed by atoms with van der Waals surface area (Å²) in [5.41, 5.74) is 2.48. The van der Waals surface area contributed by atoms with Crippen molar-refractivity contribution in [1.29, 1.82) is 0 Å². The van der Waals surface area contributed by atoms with Crippen LogP contribution in [0.25, 0.3) is 0 Å². The van der Waals surface area contributed by atoms with E-state index in [2.05, 4.69) is 79.5 Å². The van der Waals surface area contributed by atoms with Gasteiger partial charge in [0.1, 0.15) is 0 Å². The normalized spacial score (nSPS) is 10.3. The molecule has 2 aromatic rings. The molecule has 0 fully saturated rings. The van der Waals surface area contributed by atoms with Gasteiger partial charge in [-0.2, -0.15) is 0 Å². The summed E-state index contributed by atoms with van der Waals surface area (Å²) >= 11 is 7.50. The molecule has 0 aliphatic carbocycles. The topological polar surface area (TPSA) is 12.0 Å². The van der Waals surface area contributed by atoms with Crippen LogP contribution in [0.15, 0.2) is 39.5 Å². The molecular weight excluding hydrogens is 385 g/mol. The average Bonchev–Trinajstić information content (AvgIpc) is 2.62. The van der Waals surface area contributed by atoms with E-state index in [-0.39, 0.29) is 0 Å². The van der Waals surface area contributed by atoms with E-state index in [0.717, 1.165) is 6.54 Å². The third-order valence-electron chi connectivity index (χ3n) is 1.94. The second-order valence-corrected chi connectivity index (χ2v) is 6.66. The zero-order chi connectivity index (χ0) is 10.7. The first-order chi connectivity index (χ1) is 7.24. The van der Waals surface area contributed by atoms with Gasteiger partial charge in [-0.15, -0.1) is 11.3 Å². The first-order valence-electron chi connectivity index (χ1n) is 4.46. The smallest absolute Gasteiger partial charge is 0.0701 e. The van der Waals surface area contributed by atoms with E-state index in [4.69, 9.17) is 0 Å². The summed E-state index contributed by atoms with van der Waals surface area (Å²) in [6.07, 6.45) is 0. The summed E-state index contributed by atoms with van der Waals surface area (Å²) in [4.78, 5) is 0. The van der Waals surface area contributed by atoms with Crippen molar-refractivity contribution >= 4 is 55.5 Å². The van der Waals surface area contributed by atoms with E-state index in [1.54, 1.807) is 11.3 Å². The predicted molar refractivity (Wildman–Crippen MR) is 78.5 cm³/mol. The second kappa shape index (κ2) is 5.32. The van der Waals surface area contributed by atoms with Crippen molar-refractivity contribution in [1.82, 2.24) is 0 Å². The molecule has 0 aliphatic rings. The molecule has 0 spiro atoms. The number of hydrogen-bond acceptors (Lipinski definition) is 2. The standard InChI is InChI=1S/C11H9BrINS/c12-11-4-8(7-15-11)6-14-10-3-1-2-9(13)5-10/h1-5,7,14H,6H2. The second-order valence-electron chi connectivity index (χ2n) is 3.12. The minimum absolute atomic E-state index is 0.877. The van der Waals surface area contributed by atoms with Gasteiger partial charge >= 0.3 is 0 Å². The molecule has 0 unspecified atom stereocenters. The third-order valence-corrected chi connectivity index (χ3v) is 4.17. The molecule has 1 aromatic carbocycles. The minimum Gasteiger partial charge on any atom is -0.381 e. The van der Waals surface area contributed by atoms with Gasteiger partial charge in [0.2, 0.25) is 0 Å². The van der Waals surface area contributed by atoms with Crippen molar-refractivity contribution in [3.05, 3.63) is 48.6 Å². The van der Waals surface area contributed by atoms with E-state index in [9.17, 15) is 0 Å². The molecule has 1 N–H and O–H groups in total. The lowest BCUT2D eigenvalue weighted by molar-refractivity contribution is 1.16. The maximum Gasteiger partial charge on any atom is 0.0701 e. The monoisotopic (exact) mass is 393 g/mol. The van der Waals surface area contributed by atoms with E-state index in [0.29, 0.717) is 0 Å². The molecule has 4 heteroatoms. The van der Waals surface area contributed by atoms with Crippen LogP contribution in [-0.4, -0.2) is 0 Å². The van der Waals surface area contributed by atoms with Gasteiger partial charge in [-0.05, 0) is 73.7 Å². The van der Waals surface area contributed by atoms with Crippen LogP contribution in [0, 0.1) is 3.57 Å². The predicted octanol–water partition coefficient (Wildman–Crippen LogP) is 4.73. The van der Waals surface area contributed by atoms with Crippen LogP contribution in [0.5, 0.6) is 0 Å². The van der Waals surface area contributed by atoms with Gasteiger partial charge in [0.25, 0.3) is 0 Å². The molecule has 15 heavy (non-hydrogen) atoms. The lowest BCUT2D eigenvalue weighted by Gasteiger charge is -2.04. The molecule has 0 atom stereocenters. The van der Waals surface area contributed by atoms with Gasteiger partial charge in [-0.25, -0.2) is 0 Å². The van der Waals surface area contributed by atoms with Crippen molar-refractivity contribution in [3.8, 4) is 0 Å². The largest absolute Gasteiger partial charge is 0.381 e. The third kappa shape index (κ3) is 3.46. The summed E-state index contributed by atoms with van der Waals surface area (Å²) in [7, 11) is 0. The van der Waals surface area contributed by atoms with Crippen molar-refractivity contribution in [3.63, 3.8) is 0 Å². The Balaban J connectivity index is 1.99. The quantitative estimate of drug-likeness (QED) is 0.743. The highest BCUT2D eigenvalue weighted by Crippen LogP contribution is 2.21. The molecule has 0 saturated heterocycles. The Hall–Kier alpha value is -0.0700. The van der Waals surface area contributed by atoms with Crippen molar-refractivity contribution in [2.75, 3.05) is 5.32 Å². The fourth-order valence-corrected chi connectivity index (χ4v) is 2.99. The lowest BCUT2D eigenvalue weighted by Crippen LogP contribution is -1.97. The van der Waals surface area contributed by atoms with Gasteiger partial charge < -0.3 is 5.32 Å². The van der Waals surface area contributed by atoms with E-state index >= 15 is 0 Å². The molecule has 1 nitrogen and oxygen atoms in total. The summed E-state index contributed by atoms with van der Waals surface area (Å²) in [5, 5.41) is 5.55. The van der Waals surface area contributed by atoms with Gasteiger partial charge in [0, 0.05) is 15.8 Å². The van der Waals surface area contributed by atoms with Crippen LogP contribution in [-0.2, 0) is 6.54 Å². The Kier molecular flexibility index (Phi) is 4.05. The van der Waals surface area contributed by atoms with Crippen LogP contribution in [0.1, 0.15) is 5.56 Å². The van der Waals surface area contributed by atoms with Crippen molar-refractivity contribution in [2.24, 2.45) is 0 Å². The summed E-state index contributed by atoms with van der Waals surface area (Å²) in [6.45, 7) is 0.877. The minimum atomic E-state index is 0.877. The van der Waals surface area contributed by atoms with Gasteiger partial charge in [0.05, 0.1) is 3.79 Å². The average molecular weight is 394 g/mol. The highest BCUT2D eigenvalue weighted by molar-refractivity contribution is 14.1. The fraction of sp³-hybridized carbons (Fsp3) is 0.0909. The molecule has 2 rings (SSSR count). The maximum absolute atomic E-state index is 3.46. The Labute approximate surface area is 115 Å². The number of halogens is 2. The Morgan fingerprint density at radius 2 is 2.20 bits per heavy atom. The number of anilines is 1. The summed E-state index contributed by atoms with van der Waals surface area (Å²) in [6, 6.07) is 10.5. The molecule has 1 heterocycles. The molecule has 0 saturated carbocycles. The number of benzene rings is 1. The molecule has 0 aliphatic heterocycles. The molecule has 0 radical (unpaired) electrons. The Morgan fingerprint density at radius 3 is 2.87 bits per heavy atom. The molecule has 0 bridgehead atoms. The summed E-state index contributed by atoms with van der Waals surface area (Å²) in [5.74, 6) is 0. The van der Waals surface area contributed by atoms with Gasteiger partial charge in [0.15, 0.2) is 0 Å². The first kappa shape index (κ1) is 11.4. The van der Waals surface area contributed by atoms with E-state index < -0.39 is 0 Å². The summed E-state index contributed by atoms with van der Waals surface area (Å²) < 4.78 is 2.44. The van der Waals surface area contributed by atoms with Gasteiger partial charge in [-0.1, -0.05) is 6.07 Å². The van der Waals surface area contributed by atoms with Crippen LogP contribution >= 0.6 is 49.9 Å². The number of hydrogen-bond donors (Lipinski definition) is 1. The first-order valence-corrected chi connectivity index (χ1v) is 7.21.